The Hall–Kier alpha value is -2.62. The number of nitrogens with one attached hydrogen (secondary N) is 2. The zero-order valence-electron chi connectivity index (χ0n) is 15.3. The van der Waals surface area contributed by atoms with Crippen molar-refractivity contribution in [2.75, 3.05) is 5.32 Å². The molecule has 2 aromatic carbocycles. The fourth-order valence-corrected chi connectivity index (χ4v) is 3.42. The molecule has 2 aromatic rings. The molecule has 0 unspecified atom stereocenters. The van der Waals surface area contributed by atoms with E-state index in [1.807, 2.05) is 31.2 Å². The molecule has 4 heteroatoms. The minimum Gasteiger partial charge on any atom is -0.349 e. The predicted molar refractivity (Wildman–Crippen MR) is 105 cm³/mol. The molecule has 1 saturated carbocycles. The minimum absolute atomic E-state index is 0.0953. The van der Waals surface area contributed by atoms with Crippen LogP contribution in [-0.4, -0.2) is 17.9 Å². The van der Waals surface area contributed by atoms with Gasteiger partial charge in [-0.05, 0) is 55.7 Å². The molecule has 0 bridgehead atoms. The van der Waals surface area contributed by atoms with Crippen molar-refractivity contribution in [1.82, 2.24) is 5.32 Å². The van der Waals surface area contributed by atoms with Crippen LogP contribution in [0.3, 0.4) is 0 Å². The predicted octanol–water partition coefficient (Wildman–Crippen LogP) is 4.70. The van der Waals surface area contributed by atoms with E-state index in [9.17, 15) is 9.59 Å². The Morgan fingerprint density at radius 1 is 0.846 bits per heavy atom. The molecule has 1 fully saturated rings. The maximum absolute atomic E-state index is 12.6. The molecule has 0 atom stereocenters. The third-order valence-electron chi connectivity index (χ3n) is 4.85. The molecule has 0 radical (unpaired) electrons. The van der Waals surface area contributed by atoms with Crippen LogP contribution >= 0.6 is 0 Å². The van der Waals surface area contributed by atoms with Crippen LogP contribution in [-0.2, 0) is 0 Å². The molecule has 0 heterocycles. The van der Waals surface area contributed by atoms with Gasteiger partial charge in [-0.25, -0.2) is 0 Å². The van der Waals surface area contributed by atoms with Gasteiger partial charge in [0, 0.05) is 22.9 Å². The van der Waals surface area contributed by atoms with Gasteiger partial charge in [0.1, 0.15) is 0 Å². The topological polar surface area (TPSA) is 58.2 Å². The van der Waals surface area contributed by atoms with Crippen LogP contribution in [0.25, 0.3) is 0 Å². The first-order valence-electron chi connectivity index (χ1n) is 9.41. The SMILES string of the molecule is Cc1cccc(NC(=O)c2cccc(C(=O)NC3CCCCCC3)c2)c1. The van der Waals surface area contributed by atoms with Gasteiger partial charge < -0.3 is 10.6 Å². The van der Waals surface area contributed by atoms with Crippen LogP contribution < -0.4 is 10.6 Å². The van der Waals surface area contributed by atoms with Crippen LogP contribution in [0.2, 0.25) is 0 Å². The highest BCUT2D eigenvalue weighted by atomic mass is 16.2. The van der Waals surface area contributed by atoms with E-state index >= 15 is 0 Å². The first-order chi connectivity index (χ1) is 12.6. The molecule has 0 saturated heterocycles. The smallest absolute Gasteiger partial charge is 0.255 e. The van der Waals surface area contributed by atoms with Crippen molar-refractivity contribution in [2.24, 2.45) is 0 Å². The molecular weight excluding hydrogens is 324 g/mol. The van der Waals surface area contributed by atoms with Crippen LogP contribution in [0.4, 0.5) is 5.69 Å². The Morgan fingerprint density at radius 2 is 1.50 bits per heavy atom. The maximum Gasteiger partial charge on any atom is 0.255 e. The zero-order valence-corrected chi connectivity index (χ0v) is 15.3. The van der Waals surface area contributed by atoms with Gasteiger partial charge >= 0.3 is 0 Å². The summed E-state index contributed by atoms with van der Waals surface area (Å²) >= 11 is 0. The third kappa shape index (κ3) is 4.94. The van der Waals surface area contributed by atoms with Crippen molar-refractivity contribution >= 4 is 17.5 Å². The average Bonchev–Trinajstić information content (AvgIpc) is 2.90. The van der Waals surface area contributed by atoms with Crippen LogP contribution in [0, 0.1) is 6.92 Å². The van der Waals surface area contributed by atoms with Crippen molar-refractivity contribution in [3.05, 3.63) is 65.2 Å². The van der Waals surface area contributed by atoms with Gasteiger partial charge in [0.25, 0.3) is 11.8 Å². The number of rotatable bonds is 4. The van der Waals surface area contributed by atoms with E-state index in [0.29, 0.717) is 11.1 Å². The number of hydrogen-bond donors (Lipinski definition) is 2. The number of aryl methyl sites for hydroxylation is 1. The number of benzene rings is 2. The minimum atomic E-state index is -0.209. The molecule has 136 valence electrons. The van der Waals surface area contributed by atoms with Crippen LogP contribution in [0.5, 0.6) is 0 Å². The van der Waals surface area contributed by atoms with Crippen molar-refractivity contribution < 1.29 is 9.59 Å². The zero-order chi connectivity index (χ0) is 18.4. The summed E-state index contributed by atoms with van der Waals surface area (Å²) in [6, 6.07) is 14.8. The largest absolute Gasteiger partial charge is 0.349 e. The van der Waals surface area contributed by atoms with Crippen LogP contribution in [0.1, 0.15) is 64.8 Å². The molecule has 0 aromatic heterocycles. The average molecular weight is 350 g/mol. The highest BCUT2D eigenvalue weighted by molar-refractivity contribution is 6.06. The summed E-state index contributed by atoms with van der Waals surface area (Å²) in [5.74, 6) is -0.304. The van der Waals surface area contributed by atoms with Gasteiger partial charge in [0.05, 0.1) is 0 Å². The molecule has 1 aliphatic carbocycles. The highest BCUT2D eigenvalue weighted by Crippen LogP contribution is 2.18. The number of carbonyl (C=O) groups is 2. The Kier molecular flexibility index (Phi) is 6.05. The van der Waals surface area contributed by atoms with Crippen molar-refractivity contribution in [3.63, 3.8) is 0 Å². The second-order valence-electron chi connectivity index (χ2n) is 7.07. The van der Waals surface area contributed by atoms with Gasteiger partial charge in [-0.1, -0.05) is 43.9 Å². The lowest BCUT2D eigenvalue weighted by molar-refractivity contribution is 0.0933. The Morgan fingerprint density at radius 3 is 2.19 bits per heavy atom. The summed E-state index contributed by atoms with van der Waals surface area (Å²) in [5.41, 5.74) is 2.86. The van der Waals surface area contributed by atoms with Gasteiger partial charge in [-0.3, -0.25) is 9.59 Å². The van der Waals surface area contributed by atoms with E-state index in [4.69, 9.17) is 0 Å². The standard InChI is InChI=1S/C22H26N2O2/c1-16-8-6-13-20(14-16)24-22(26)18-10-7-9-17(15-18)21(25)23-19-11-4-2-3-5-12-19/h6-10,13-15,19H,2-5,11-12H2,1H3,(H,23,25)(H,24,26). The number of hydrogen-bond acceptors (Lipinski definition) is 2. The van der Waals surface area contributed by atoms with E-state index in [0.717, 1.165) is 24.1 Å². The van der Waals surface area contributed by atoms with Crippen molar-refractivity contribution in [2.45, 2.75) is 51.5 Å². The van der Waals surface area contributed by atoms with Gasteiger partial charge in [0.15, 0.2) is 0 Å². The molecule has 0 aliphatic heterocycles. The molecular formula is C22H26N2O2. The normalized spacial score (nSPS) is 15.1. The second kappa shape index (κ2) is 8.65. The van der Waals surface area contributed by atoms with E-state index in [2.05, 4.69) is 10.6 Å². The quantitative estimate of drug-likeness (QED) is 0.785. The molecule has 1 aliphatic rings. The lowest BCUT2D eigenvalue weighted by Gasteiger charge is -2.16. The maximum atomic E-state index is 12.6. The van der Waals surface area contributed by atoms with E-state index in [-0.39, 0.29) is 17.9 Å². The summed E-state index contributed by atoms with van der Waals surface area (Å²) < 4.78 is 0. The molecule has 26 heavy (non-hydrogen) atoms. The van der Waals surface area contributed by atoms with Gasteiger partial charge in [-0.15, -0.1) is 0 Å². The van der Waals surface area contributed by atoms with Crippen LogP contribution in [0.15, 0.2) is 48.5 Å². The molecule has 2 amide bonds. The highest BCUT2D eigenvalue weighted by Gasteiger charge is 2.17. The lowest BCUT2D eigenvalue weighted by atomic mass is 10.1. The summed E-state index contributed by atoms with van der Waals surface area (Å²) in [7, 11) is 0. The third-order valence-corrected chi connectivity index (χ3v) is 4.85. The Labute approximate surface area is 155 Å². The molecule has 4 nitrogen and oxygen atoms in total. The fraction of sp³-hybridized carbons (Fsp3) is 0.364. The van der Waals surface area contributed by atoms with E-state index in [1.165, 1.54) is 25.7 Å². The molecule has 3 rings (SSSR count). The fourth-order valence-electron chi connectivity index (χ4n) is 3.42. The Bertz CT molecular complexity index is 777. The number of anilines is 1. The van der Waals surface area contributed by atoms with Gasteiger partial charge in [0.2, 0.25) is 0 Å². The van der Waals surface area contributed by atoms with E-state index in [1.54, 1.807) is 24.3 Å². The summed E-state index contributed by atoms with van der Waals surface area (Å²) in [5, 5.41) is 6.01. The van der Waals surface area contributed by atoms with Crippen molar-refractivity contribution in [3.8, 4) is 0 Å². The number of amides is 2. The van der Waals surface area contributed by atoms with E-state index < -0.39 is 0 Å². The summed E-state index contributed by atoms with van der Waals surface area (Å²) in [6.07, 6.45) is 6.92. The summed E-state index contributed by atoms with van der Waals surface area (Å²) in [6.45, 7) is 1.98. The monoisotopic (exact) mass is 350 g/mol. The molecule has 2 N–H and O–H groups in total. The van der Waals surface area contributed by atoms with Gasteiger partial charge in [-0.2, -0.15) is 0 Å². The summed E-state index contributed by atoms with van der Waals surface area (Å²) in [4.78, 5) is 25.1. The Balaban J connectivity index is 1.66. The van der Waals surface area contributed by atoms with Crippen molar-refractivity contribution in [1.29, 1.82) is 0 Å². The first-order valence-corrected chi connectivity index (χ1v) is 9.41. The molecule has 0 spiro atoms. The number of carbonyl (C=O) groups excluding carboxylic acids is 2. The second-order valence-corrected chi connectivity index (χ2v) is 7.07. The lowest BCUT2D eigenvalue weighted by Crippen LogP contribution is -2.34. The first kappa shape index (κ1) is 18.2.